The van der Waals surface area contributed by atoms with Crippen LogP contribution in [0.15, 0.2) is 29.4 Å². The summed E-state index contributed by atoms with van der Waals surface area (Å²) < 4.78 is 2.35. The van der Waals surface area contributed by atoms with Crippen molar-refractivity contribution in [2.75, 3.05) is 5.73 Å². The molecule has 0 aromatic carbocycles. The van der Waals surface area contributed by atoms with Gasteiger partial charge in [-0.05, 0) is 22.0 Å². The minimum atomic E-state index is 0.607. The second-order valence-electron chi connectivity index (χ2n) is 2.41. The summed E-state index contributed by atoms with van der Waals surface area (Å²) in [5, 5.41) is 3.95. The lowest BCUT2D eigenvalue weighted by Gasteiger charge is -2.02. The number of nitrogens with zero attached hydrogens (tertiary/aromatic N) is 4. The molecule has 2 heterocycles. The summed E-state index contributed by atoms with van der Waals surface area (Å²) in [5.41, 5.74) is 6.15. The highest BCUT2D eigenvalue weighted by molar-refractivity contribution is 9.10. The van der Waals surface area contributed by atoms with Gasteiger partial charge in [-0.3, -0.25) is 0 Å². The van der Waals surface area contributed by atoms with Crippen LogP contribution in [0.2, 0.25) is 0 Å². The van der Waals surface area contributed by atoms with Crippen LogP contribution in [-0.2, 0) is 0 Å². The van der Waals surface area contributed by atoms with Crippen LogP contribution in [0.3, 0.4) is 0 Å². The maximum atomic E-state index is 5.54. The average molecular weight is 240 g/mol. The average Bonchev–Trinajstić information content (AvgIpc) is 2.56. The molecule has 0 saturated carbocycles. The molecule has 0 unspecified atom stereocenters. The molecule has 13 heavy (non-hydrogen) atoms. The third-order valence-corrected chi connectivity index (χ3v) is 2.06. The van der Waals surface area contributed by atoms with Crippen molar-refractivity contribution in [3.05, 3.63) is 29.4 Å². The number of aromatic nitrogens is 4. The number of nitrogens with two attached hydrogens (primary N) is 1. The first-order valence-electron chi connectivity index (χ1n) is 3.53. The van der Waals surface area contributed by atoms with Gasteiger partial charge in [-0.25, -0.2) is 14.6 Å². The first-order valence-corrected chi connectivity index (χ1v) is 4.32. The van der Waals surface area contributed by atoms with Gasteiger partial charge in [0.2, 0.25) is 0 Å². The van der Waals surface area contributed by atoms with E-state index >= 15 is 0 Å². The standard InChI is InChI=1S/C7H6BrN5/c8-6-1-5(9)2-11-7(6)13-4-10-3-12-13/h1-4H,9H2. The van der Waals surface area contributed by atoms with Crippen LogP contribution in [0.25, 0.3) is 5.82 Å². The summed E-state index contributed by atoms with van der Waals surface area (Å²) in [5.74, 6) is 0.673. The monoisotopic (exact) mass is 239 g/mol. The molecule has 0 fully saturated rings. The van der Waals surface area contributed by atoms with Crippen LogP contribution in [-0.4, -0.2) is 19.7 Å². The van der Waals surface area contributed by atoms with Gasteiger partial charge in [-0.15, -0.1) is 0 Å². The molecule has 0 radical (unpaired) electrons. The van der Waals surface area contributed by atoms with Gasteiger partial charge in [0.25, 0.3) is 0 Å². The Hall–Kier alpha value is -1.43. The molecule has 0 aliphatic carbocycles. The number of anilines is 1. The van der Waals surface area contributed by atoms with Gasteiger partial charge in [-0.2, -0.15) is 5.10 Å². The molecule has 2 N–H and O–H groups in total. The maximum absolute atomic E-state index is 5.54. The van der Waals surface area contributed by atoms with Gasteiger partial charge in [0.15, 0.2) is 5.82 Å². The lowest BCUT2D eigenvalue weighted by atomic mass is 10.4. The summed E-state index contributed by atoms with van der Waals surface area (Å²) in [6.07, 6.45) is 4.59. The topological polar surface area (TPSA) is 69.6 Å². The minimum Gasteiger partial charge on any atom is -0.397 e. The Labute approximate surface area is 82.7 Å². The molecular formula is C7H6BrN5. The largest absolute Gasteiger partial charge is 0.397 e. The highest BCUT2D eigenvalue weighted by Crippen LogP contribution is 2.19. The summed E-state index contributed by atoms with van der Waals surface area (Å²) in [6.45, 7) is 0. The van der Waals surface area contributed by atoms with Crippen molar-refractivity contribution in [2.24, 2.45) is 0 Å². The number of rotatable bonds is 1. The summed E-state index contributed by atoms with van der Waals surface area (Å²) in [7, 11) is 0. The molecule has 0 amide bonds. The van der Waals surface area contributed by atoms with E-state index in [0.717, 1.165) is 4.47 Å². The molecule has 2 rings (SSSR count). The maximum Gasteiger partial charge on any atom is 0.169 e. The van der Waals surface area contributed by atoms with Crippen molar-refractivity contribution in [1.82, 2.24) is 19.7 Å². The lowest BCUT2D eigenvalue weighted by molar-refractivity contribution is 0.840. The quantitative estimate of drug-likeness (QED) is 0.807. The highest BCUT2D eigenvalue weighted by atomic mass is 79.9. The van der Waals surface area contributed by atoms with Crippen molar-refractivity contribution < 1.29 is 0 Å². The summed E-state index contributed by atoms with van der Waals surface area (Å²) >= 11 is 3.34. The zero-order valence-corrected chi connectivity index (χ0v) is 8.14. The molecule has 0 aliphatic rings. The zero-order valence-electron chi connectivity index (χ0n) is 6.55. The van der Waals surface area contributed by atoms with E-state index < -0.39 is 0 Å². The molecule has 66 valence electrons. The fraction of sp³-hybridized carbons (Fsp3) is 0. The molecule has 5 nitrogen and oxygen atoms in total. The lowest BCUT2D eigenvalue weighted by Crippen LogP contribution is -2.00. The molecule has 2 aromatic heterocycles. The Bertz CT molecular complexity index is 411. The van der Waals surface area contributed by atoms with E-state index in [4.69, 9.17) is 5.73 Å². The van der Waals surface area contributed by atoms with Crippen LogP contribution in [0.5, 0.6) is 0 Å². The van der Waals surface area contributed by atoms with E-state index in [1.165, 1.54) is 6.33 Å². The SMILES string of the molecule is Nc1cnc(-n2cncn2)c(Br)c1. The van der Waals surface area contributed by atoms with Crippen molar-refractivity contribution in [1.29, 1.82) is 0 Å². The van der Waals surface area contributed by atoms with Crippen LogP contribution in [0, 0.1) is 0 Å². The molecular weight excluding hydrogens is 234 g/mol. The van der Waals surface area contributed by atoms with Gasteiger partial charge >= 0.3 is 0 Å². The van der Waals surface area contributed by atoms with Gasteiger partial charge < -0.3 is 5.73 Å². The van der Waals surface area contributed by atoms with E-state index in [9.17, 15) is 0 Å². The molecule has 0 saturated heterocycles. The van der Waals surface area contributed by atoms with E-state index in [-0.39, 0.29) is 0 Å². The molecule has 0 atom stereocenters. The van der Waals surface area contributed by atoms with Crippen LogP contribution < -0.4 is 5.73 Å². The number of nitrogen functional groups attached to an aromatic ring is 1. The number of pyridine rings is 1. The molecule has 0 spiro atoms. The smallest absolute Gasteiger partial charge is 0.169 e. The number of hydrogen-bond donors (Lipinski definition) is 1. The highest BCUT2D eigenvalue weighted by Gasteiger charge is 2.03. The van der Waals surface area contributed by atoms with Gasteiger partial charge in [-0.1, -0.05) is 0 Å². The second-order valence-corrected chi connectivity index (χ2v) is 3.27. The van der Waals surface area contributed by atoms with Crippen molar-refractivity contribution >= 4 is 21.6 Å². The van der Waals surface area contributed by atoms with E-state index in [1.807, 2.05) is 0 Å². The Balaban J connectivity index is 2.53. The van der Waals surface area contributed by atoms with E-state index in [2.05, 4.69) is 31.0 Å². The van der Waals surface area contributed by atoms with Crippen molar-refractivity contribution in [2.45, 2.75) is 0 Å². The van der Waals surface area contributed by atoms with Crippen molar-refractivity contribution in [3.8, 4) is 5.82 Å². The predicted octanol–water partition coefficient (Wildman–Crippen LogP) is 1.01. The van der Waals surface area contributed by atoms with Crippen LogP contribution in [0.1, 0.15) is 0 Å². The fourth-order valence-electron chi connectivity index (χ4n) is 0.932. The number of halogens is 1. The fourth-order valence-corrected chi connectivity index (χ4v) is 1.48. The summed E-state index contributed by atoms with van der Waals surface area (Å²) in [6, 6.07) is 1.77. The zero-order chi connectivity index (χ0) is 9.26. The van der Waals surface area contributed by atoms with Crippen LogP contribution >= 0.6 is 15.9 Å². The molecule has 2 aromatic rings. The normalized spacial score (nSPS) is 10.2. The van der Waals surface area contributed by atoms with Crippen molar-refractivity contribution in [3.63, 3.8) is 0 Å². The van der Waals surface area contributed by atoms with E-state index in [0.29, 0.717) is 11.5 Å². The first kappa shape index (κ1) is 8.18. The second kappa shape index (κ2) is 3.14. The first-order chi connectivity index (χ1) is 6.27. The van der Waals surface area contributed by atoms with Gasteiger partial charge in [0.1, 0.15) is 12.7 Å². The minimum absolute atomic E-state index is 0.607. The Morgan fingerprint density at radius 3 is 2.92 bits per heavy atom. The van der Waals surface area contributed by atoms with Crippen LogP contribution in [0.4, 0.5) is 5.69 Å². The Morgan fingerprint density at radius 2 is 2.31 bits per heavy atom. The third kappa shape index (κ3) is 1.52. The van der Waals surface area contributed by atoms with Gasteiger partial charge in [0.05, 0.1) is 16.4 Å². The number of hydrogen-bond acceptors (Lipinski definition) is 4. The Kier molecular flexibility index (Phi) is 1.97. The molecule has 6 heteroatoms. The third-order valence-electron chi connectivity index (χ3n) is 1.48. The Morgan fingerprint density at radius 1 is 1.46 bits per heavy atom. The van der Waals surface area contributed by atoms with Gasteiger partial charge in [0, 0.05) is 0 Å². The predicted molar refractivity (Wildman–Crippen MR) is 51.3 cm³/mol. The molecule has 0 bridgehead atoms. The van der Waals surface area contributed by atoms with E-state index in [1.54, 1.807) is 23.3 Å². The summed E-state index contributed by atoms with van der Waals surface area (Å²) in [4.78, 5) is 7.93. The molecule has 0 aliphatic heterocycles.